The second kappa shape index (κ2) is 4.61. The molecule has 3 aromatic rings. The van der Waals surface area contributed by atoms with Crippen LogP contribution < -0.4 is 9.47 Å². The Labute approximate surface area is 110 Å². The van der Waals surface area contributed by atoms with Gasteiger partial charge in [0.25, 0.3) is 0 Å². The molecule has 0 saturated heterocycles. The molecule has 0 unspecified atom stereocenters. The Morgan fingerprint density at radius 2 is 1.79 bits per heavy atom. The summed E-state index contributed by atoms with van der Waals surface area (Å²) >= 11 is 0. The van der Waals surface area contributed by atoms with Gasteiger partial charge in [-0.3, -0.25) is 4.98 Å². The summed E-state index contributed by atoms with van der Waals surface area (Å²) in [6, 6.07) is 9.37. The maximum absolute atomic E-state index is 5.33. The van der Waals surface area contributed by atoms with E-state index in [-0.39, 0.29) is 0 Å². The van der Waals surface area contributed by atoms with Gasteiger partial charge in [-0.1, -0.05) is 6.07 Å². The molecule has 0 aliphatic carbocycles. The molecule has 2 aromatic heterocycles. The largest absolute Gasteiger partial charge is 0.494 e. The van der Waals surface area contributed by atoms with Crippen LogP contribution in [0.1, 0.15) is 0 Å². The number of rotatable bonds is 3. The number of imidazole rings is 1. The van der Waals surface area contributed by atoms with Gasteiger partial charge in [-0.2, -0.15) is 0 Å². The van der Waals surface area contributed by atoms with Gasteiger partial charge in [-0.05, 0) is 24.3 Å². The Bertz CT molecular complexity index is 666. The van der Waals surface area contributed by atoms with Crippen LogP contribution in [0.4, 0.5) is 0 Å². The summed E-state index contributed by atoms with van der Waals surface area (Å²) in [5.74, 6) is 2.12. The molecule has 5 heteroatoms. The van der Waals surface area contributed by atoms with Crippen LogP contribution in [-0.4, -0.2) is 29.2 Å². The van der Waals surface area contributed by atoms with Gasteiger partial charge in [-0.15, -0.1) is 0 Å². The molecule has 3 rings (SSSR count). The van der Waals surface area contributed by atoms with E-state index in [9.17, 15) is 0 Å². The Balaban J connectivity index is 2.24. The zero-order chi connectivity index (χ0) is 13.2. The van der Waals surface area contributed by atoms with Gasteiger partial charge in [0.1, 0.15) is 28.2 Å². The van der Waals surface area contributed by atoms with E-state index in [0.717, 1.165) is 22.5 Å². The van der Waals surface area contributed by atoms with E-state index in [2.05, 4.69) is 15.0 Å². The second-order valence-corrected chi connectivity index (χ2v) is 3.99. The van der Waals surface area contributed by atoms with Crippen molar-refractivity contribution < 1.29 is 9.47 Å². The smallest absolute Gasteiger partial charge is 0.157 e. The lowest BCUT2D eigenvalue weighted by molar-refractivity contribution is 0.409. The van der Waals surface area contributed by atoms with Crippen LogP contribution in [0.5, 0.6) is 11.5 Å². The number of aromatic nitrogens is 3. The quantitative estimate of drug-likeness (QED) is 0.781. The molecule has 2 heterocycles. The number of aromatic amines is 1. The first kappa shape index (κ1) is 11.5. The van der Waals surface area contributed by atoms with Gasteiger partial charge in [0, 0.05) is 6.20 Å². The van der Waals surface area contributed by atoms with Crippen LogP contribution >= 0.6 is 0 Å². The second-order valence-electron chi connectivity index (χ2n) is 3.99. The number of pyridine rings is 1. The molecule has 19 heavy (non-hydrogen) atoms. The van der Waals surface area contributed by atoms with Gasteiger partial charge in [0.15, 0.2) is 5.82 Å². The van der Waals surface area contributed by atoms with Crippen molar-refractivity contribution in [3.05, 3.63) is 36.5 Å². The summed E-state index contributed by atoms with van der Waals surface area (Å²) in [5.41, 5.74) is 2.33. The van der Waals surface area contributed by atoms with Crippen LogP contribution in [0.2, 0.25) is 0 Å². The van der Waals surface area contributed by atoms with E-state index in [1.54, 1.807) is 20.4 Å². The van der Waals surface area contributed by atoms with Crippen molar-refractivity contribution in [2.24, 2.45) is 0 Å². The highest BCUT2D eigenvalue weighted by Crippen LogP contribution is 2.32. The van der Waals surface area contributed by atoms with Crippen LogP contribution in [0, 0.1) is 0 Å². The molecule has 96 valence electrons. The van der Waals surface area contributed by atoms with Crippen LogP contribution in [0.25, 0.3) is 22.6 Å². The average Bonchev–Trinajstić information content (AvgIpc) is 2.92. The zero-order valence-corrected chi connectivity index (χ0v) is 10.7. The first-order chi connectivity index (χ1) is 9.33. The minimum Gasteiger partial charge on any atom is -0.494 e. The van der Waals surface area contributed by atoms with E-state index in [0.29, 0.717) is 11.6 Å². The molecule has 0 amide bonds. The summed E-state index contributed by atoms with van der Waals surface area (Å²) in [6.45, 7) is 0. The predicted molar refractivity (Wildman–Crippen MR) is 72.4 cm³/mol. The molecule has 1 aromatic carbocycles. The molecule has 0 radical (unpaired) electrons. The van der Waals surface area contributed by atoms with Gasteiger partial charge in [0.05, 0.1) is 14.2 Å². The molecule has 0 saturated carbocycles. The Kier molecular flexibility index (Phi) is 2.79. The first-order valence-corrected chi connectivity index (χ1v) is 5.85. The molecule has 0 atom stereocenters. The van der Waals surface area contributed by atoms with Gasteiger partial charge in [-0.25, -0.2) is 4.98 Å². The van der Waals surface area contributed by atoms with Crippen molar-refractivity contribution in [1.82, 2.24) is 15.0 Å². The van der Waals surface area contributed by atoms with Crippen LogP contribution in [-0.2, 0) is 0 Å². The van der Waals surface area contributed by atoms with Gasteiger partial charge in [0.2, 0.25) is 0 Å². The van der Waals surface area contributed by atoms with Gasteiger partial charge < -0.3 is 14.5 Å². The fraction of sp³-hybridized carbons (Fsp3) is 0.143. The standard InChI is InChI=1S/C14H13N3O2/c1-18-10-6-7-11(19-2)13-12(10)16-14(17-13)9-5-3-4-8-15-9/h3-8H,1-2H3,(H,16,17). The number of H-pyrrole nitrogens is 1. The average molecular weight is 255 g/mol. The Hall–Kier alpha value is -2.56. The van der Waals surface area contributed by atoms with E-state index in [4.69, 9.17) is 9.47 Å². The zero-order valence-electron chi connectivity index (χ0n) is 10.7. The lowest BCUT2D eigenvalue weighted by atomic mass is 10.2. The summed E-state index contributed by atoms with van der Waals surface area (Å²) in [6.07, 6.45) is 1.73. The first-order valence-electron chi connectivity index (χ1n) is 5.85. The number of hydrogen-bond donors (Lipinski definition) is 1. The van der Waals surface area contributed by atoms with Gasteiger partial charge >= 0.3 is 0 Å². The number of fused-ring (bicyclic) bond motifs is 1. The number of nitrogens with zero attached hydrogens (tertiary/aromatic N) is 2. The number of hydrogen-bond acceptors (Lipinski definition) is 4. The third-order valence-corrected chi connectivity index (χ3v) is 2.92. The van der Waals surface area contributed by atoms with Crippen LogP contribution in [0.15, 0.2) is 36.5 Å². The highest BCUT2D eigenvalue weighted by atomic mass is 16.5. The molecule has 0 bridgehead atoms. The number of ether oxygens (including phenoxy) is 2. The molecule has 0 aliphatic heterocycles. The molecule has 5 nitrogen and oxygen atoms in total. The topological polar surface area (TPSA) is 60.0 Å². The van der Waals surface area contributed by atoms with Crippen molar-refractivity contribution in [2.75, 3.05) is 14.2 Å². The minimum atomic E-state index is 0.693. The summed E-state index contributed by atoms with van der Waals surface area (Å²) in [5, 5.41) is 0. The highest BCUT2D eigenvalue weighted by molar-refractivity contribution is 5.89. The number of methoxy groups -OCH3 is 2. The summed E-state index contributed by atoms with van der Waals surface area (Å²) in [4.78, 5) is 12.0. The lowest BCUT2D eigenvalue weighted by Gasteiger charge is -2.03. The highest BCUT2D eigenvalue weighted by Gasteiger charge is 2.14. The predicted octanol–water partition coefficient (Wildman–Crippen LogP) is 2.64. The molecule has 0 spiro atoms. The molecule has 0 fully saturated rings. The Morgan fingerprint density at radius 1 is 1.00 bits per heavy atom. The fourth-order valence-corrected chi connectivity index (χ4v) is 2.00. The molecule has 1 N–H and O–H groups in total. The molecule has 0 aliphatic rings. The normalized spacial score (nSPS) is 10.6. The van der Waals surface area contributed by atoms with Crippen LogP contribution in [0.3, 0.4) is 0 Å². The number of nitrogens with one attached hydrogen (secondary N) is 1. The number of benzene rings is 1. The van der Waals surface area contributed by atoms with Crippen molar-refractivity contribution in [2.45, 2.75) is 0 Å². The van der Waals surface area contributed by atoms with E-state index in [1.165, 1.54) is 0 Å². The Morgan fingerprint density at radius 3 is 2.47 bits per heavy atom. The third-order valence-electron chi connectivity index (χ3n) is 2.92. The van der Waals surface area contributed by atoms with E-state index < -0.39 is 0 Å². The maximum Gasteiger partial charge on any atom is 0.157 e. The maximum atomic E-state index is 5.33. The summed E-state index contributed by atoms with van der Waals surface area (Å²) in [7, 11) is 3.25. The molecular formula is C14H13N3O2. The SMILES string of the molecule is COc1ccc(OC)c2[nH]c(-c3ccccn3)nc12. The van der Waals surface area contributed by atoms with Crippen molar-refractivity contribution >= 4 is 11.0 Å². The van der Waals surface area contributed by atoms with E-state index >= 15 is 0 Å². The lowest BCUT2D eigenvalue weighted by Crippen LogP contribution is -1.88. The fourth-order valence-electron chi connectivity index (χ4n) is 2.00. The third kappa shape index (κ3) is 1.89. The van der Waals surface area contributed by atoms with Crippen molar-refractivity contribution in [3.63, 3.8) is 0 Å². The van der Waals surface area contributed by atoms with Crippen molar-refractivity contribution in [1.29, 1.82) is 0 Å². The minimum absolute atomic E-state index is 0.693. The summed E-state index contributed by atoms with van der Waals surface area (Å²) < 4.78 is 10.6. The van der Waals surface area contributed by atoms with Crippen molar-refractivity contribution in [3.8, 4) is 23.0 Å². The molecular weight excluding hydrogens is 242 g/mol. The monoisotopic (exact) mass is 255 g/mol. The van der Waals surface area contributed by atoms with E-state index in [1.807, 2.05) is 30.3 Å².